The zero-order valence-corrected chi connectivity index (χ0v) is 23.9. The summed E-state index contributed by atoms with van der Waals surface area (Å²) in [7, 11) is -4.46. The molecule has 0 heterocycles. The molecule has 2 aromatic rings. The van der Waals surface area contributed by atoms with Gasteiger partial charge in [0.05, 0.1) is 4.90 Å². The van der Waals surface area contributed by atoms with E-state index in [1.54, 1.807) is 6.07 Å². The molecule has 0 radical (unpaired) electrons. The van der Waals surface area contributed by atoms with Gasteiger partial charge in [-0.05, 0) is 59.7 Å². The van der Waals surface area contributed by atoms with Crippen LogP contribution in [0.2, 0.25) is 0 Å². The van der Waals surface area contributed by atoms with Crippen molar-refractivity contribution in [2.75, 3.05) is 0 Å². The molecule has 0 aliphatic carbocycles. The van der Waals surface area contributed by atoms with Gasteiger partial charge >= 0.3 is 51.4 Å². The van der Waals surface area contributed by atoms with Gasteiger partial charge in [-0.1, -0.05) is 96.3 Å². The Labute approximate surface area is 233 Å². The fourth-order valence-electron chi connectivity index (χ4n) is 4.16. The molecule has 0 N–H and O–H groups in total. The van der Waals surface area contributed by atoms with Gasteiger partial charge in [0.25, 0.3) is 0 Å². The van der Waals surface area contributed by atoms with Crippen molar-refractivity contribution < 1.29 is 64.4 Å². The summed E-state index contributed by atoms with van der Waals surface area (Å²) >= 11 is 0. The van der Waals surface area contributed by atoms with Crippen LogP contribution in [0.1, 0.15) is 102 Å². The van der Waals surface area contributed by atoms with Crippen molar-refractivity contribution in [2.24, 2.45) is 0 Å². The van der Waals surface area contributed by atoms with E-state index in [0.717, 1.165) is 30.0 Å². The number of unbranched alkanes of at least 4 members (excludes halogenated alkanes) is 10. The van der Waals surface area contributed by atoms with Crippen molar-refractivity contribution in [3.63, 3.8) is 0 Å². The van der Waals surface area contributed by atoms with E-state index < -0.39 is 10.1 Å². The second-order valence-corrected chi connectivity index (χ2v) is 9.98. The summed E-state index contributed by atoms with van der Waals surface area (Å²) in [6.45, 7) is 4.43. The maximum Gasteiger partial charge on any atom is 1.00 e. The van der Waals surface area contributed by atoms with Crippen molar-refractivity contribution in [1.82, 2.24) is 0 Å². The summed E-state index contributed by atoms with van der Waals surface area (Å²) in [5, 5.41) is 1.88. The molecule has 0 aliphatic heterocycles. The molecule has 2 rings (SSSR count). The Hall–Kier alpha value is 0.246. The van der Waals surface area contributed by atoms with Crippen LogP contribution in [0, 0.1) is 0 Å². The second kappa shape index (κ2) is 16.0. The zero-order valence-electron chi connectivity index (χ0n) is 19.9. The SMILES string of the molecule is CCCCCCCCc1ccc2cc(S(=O)(=O)[O-])c(CCCCCCCC)cc2c1.[K+]. The summed E-state index contributed by atoms with van der Waals surface area (Å²) in [4.78, 5) is -0.0350. The molecule has 2 aromatic carbocycles. The predicted molar refractivity (Wildman–Crippen MR) is 126 cm³/mol. The summed E-state index contributed by atoms with van der Waals surface area (Å²) in [6, 6.07) is 9.73. The Balaban J connectivity index is 0.00000480. The summed E-state index contributed by atoms with van der Waals surface area (Å²) < 4.78 is 35.5. The van der Waals surface area contributed by atoms with E-state index in [2.05, 4.69) is 26.0 Å². The summed E-state index contributed by atoms with van der Waals surface area (Å²) in [6.07, 6.45) is 16.2. The molecule has 0 amide bonds. The minimum Gasteiger partial charge on any atom is -0.744 e. The number of aryl methyl sites for hydroxylation is 2. The molecule has 0 saturated heterocycles. The first kappa shape index (κ1) is 29.3. The van der Waals surface area contributed by atoms with E-state index in [1.807, 2.05) is 12.1 Å². The van der Waals surface area contributed by atoms with Crippen molar-refractivity contribution >= 4 is 20.9 Å². The van der Waals surface area contributed by atoms with Crippen LogP contribution in [0.25, 0.3) is 10.8 Å². The fraction of sp³-hybridized carbons (Fsp3) is 0.615. The minimum absolute atomic E-state index is 0. The molecule has 0 unspecified atom stereocenters. The van der Waals surface area contributed by atoms with Gasteiger partial charge in [0.2, 0.25) is 0 Å². The Morgan fingerprint density at radius 1 is 0.677 bits per heavy atom. The first-order valence-corrected chi connectivity index (χ1v) is 13.4. The van der Waals surface area contributed by atoms with Gasteiger partial charge in [0, 0.05) is 0 Å². The topological polar surface area (TPSA) is 57.2 Å². The number of hydrogen-bond donors (Lipinski definition) is 0. The predicted octanol–water partition coefficient (Wildman–Crippen LogP) is 4.55. The van der Waals surface area contributed by atoms with Crippen molar-refractivity contribution in [3.05, 3.63) is 41.5 Å². The number of hydrogen-bond acceptors (Lipinski definition) is 3. The molecule has 168 valence electrons. The maximum absolute atomic E-state index is 11.8. The van der Waals surface area contributed by atoms with E-state index in [9.17, 15) is 13.0 Å². The van der Waals surface area contributed by atoms with Crippen LogP contribution in [-0.4, -0.2) is 13.0 Å². The van der Waals surface area contributed by atoms with Gasteiger partial charge in [0.15, 0.2) is 0 Å². The van der Waals surface area contributed by atoms with Gasteiger partial charge in [-0.3, -0.25) is 0 Å². The third-order valence-electron chi connectivity index (χ3n) is 5.97. The third-order valence-corrected chi connectivity index (χ3v) is 6.89. The van der Waals surface area contributed by atoms with Crippen LogP contribution in [0.3, 0.4) is 0 Å². The monoisotopic (exact) mass is 470 g/mol. The van der Waals surface area contributed by atoms with Crippen LogP contribution in [0.15, 0.2) is 35.2 Å². The van der Waals surface area contributed by atoms with Crippen LogP contribution >= 0.6 is 0 Å². The number of fused-ring (bicyclic) bond motifs is 1. The normalized spacial score (nSPS) is 11.6. The average molecular weight is 471 g/mol. The molecule has 0 spiro atoms. The second-order valence-electron chi connectivity index (χ2n) is 8.63. The molecule has 0 aromatic heterocycles. The first-order valence-electron chi connectivity index (χ1n) is 12.0. The molecule has 0 atom stereocenters. The van der Waals surface area contributed by atoms with Crippen LogP contribution < -0.4 is 51.4 Å². The minimum atomic E-state index is -4.46. The Kier molecular flexibility index (Phi) is 15.1. The van der Waals surface area contributed by atoms with E-state index in [0.29, 0.717) is 12.0 Å². The Bertz CT molecular complexity index is 878. The molecule has 0 bridgehead atoms. The van der Waals surface area contributed by atoms with E-state index in [-0.39, 0.29) is 56.3 Å². The summed E-state index contributed by atoms with van der Waals surface area (Å²) in [5.74, 6) is 0. The molecular weight excluding hydrogens is 431 g/mol. The van der Waals surface area contributed by atoms with E-state index in [4.69, 9.17) is 0 Å². The summed E-state index contributed by atoms with van der Waals surface area (Å²) in [5.41, 5.74) is 1.98. The quantitative estimate of drug-likeness (QED) is 0.218. The van der Waals surface area contributed by atoms with Gasteiger partial charge in [-0.25, -0.2) is 8.42 Å². The maximum atomic E-state index is 11.8. The molecule has 5 heteroatoms. The fourth-order valence-corrected chi connectivity index (χ4v) is 4.92. The Morgan fingerprint density at radius 2 is 1.23 bits per heavy atom. The van der Waals surface area contributed by atoms with Crippen LogP contribution in [0.5, 0.6) is 0 Å². The molecule has 0 saturated carbocycles. The van der Waals surface area contributed by atoms with Crippen molar-refractivity contribution in [1.29, 1.82) is 0 Å². The molecule has 0 aliphatic rings. The van der Waals surface area contributed by atoms with Gasteiger partial charge in [0.1, 0.15) is 10.1 Å². The van der Waals surface area contributed by atoms with Crippen molar-refractivity contribution in [3.8, 4) is 0 Å². The molecule has 31 heavy (non-hydrogen) atoms. The smallest absolute Gasteiger partial charge is 0.744 e. The zero-order chi connectivity index (χ0) is 21.8. The van der Waals surface area contributed by atoms with Gasteiger partial charge < -0.3 is 4.55 Å². The number of rotatable bonds is 15. The first-order chi connectivity index (χ1) is 14.5. The number of benzene rings is 2. The van der Waals surface area contributed by atoms with Gasteiger partial charge in [-0.15, -0.1) is 0 Å². The van der Waals surface area contributed by atoms with E-state index >= 15 is 0 Å². The van der Waals surface area contributed by atoms with Gasteiger partial charge in [-0.2, -0.15) is 0 Å². The standard InChI is InChI=1S/C26H40O3S.K/c1-3-5-7-9-11-13-15-22-17-18-23-21-26(30(27,28)29)24(20-25(23)19-22)16-14-12-10-8-6-4-2;/h17-21H,3-16H2,1-2H3,(H,27,28,29);/q;+1/p-1. The third kappa shape index (κ3) is 10.8. The molecular formula is C26H39KO3S. The van der Waals surface area contributed by atoms with Crippen molar-refractivity contribution in [2.45, 2.75) is 109 Å². The van der Waals surface area contributed by atoms with E-state index in [1.165, 1.54) is 69.8 Å². The Morgan fingerprint density at radius 3 is 1.81 bits per heavy atom. The molecule has 0 fully saturated rings. The van der Waals surface area contributed by atoms with Crippen LogP contribution in [0.4, 0.5) is 0 Å². The molecule has 3 nitrogen and oxygen atoms in total. The largest absolute Gasteiger partial charge is 1.00 e. The van der Waals surface area contributed by atoms with Crippen LogP contribution in [-0.2, 0) is 23.0 Å². The average Bonchev–Trinajstić information content (AvgIpc) is 2.71.